The predicted octanol–water partition coefficient (Wildman–Crippen LogP) is -2.09. The van der Waals surface area contributed by atoms with Crippen LogP contribution in [0.2, 0.25) is 0 Å². The van der Waals surface area contributed by atoms with Gasteiger partial charge in [0.25, 0.3) is 0 Å². The van der Waals surface area contributed by atoms with E-state index >= 15 is 0 Å². The fourth-order valence-corrected chi connectivity index (χ4v) is 2.62. The second-order valence-corrected chi connectivity index (χ2v) is 5.05. The zero-order valence-electron chi connectivity index (χ0n) is 11.4. The summed E-state index contributed by atoms with van der Waals surface area (Å²) in [7, 11) is 0. The molecule has 0 bridgehead atoms. The molecule has 1 aliphatic rings. The number of hydrogen-bond donors (Lipinski definition) is 6. The number of nitrogens with zero attached hydrogens (tertiary/aromatic N) is 3. The maximum atomic E-state index is 10.1. The fraction of sp³-hybridized carbons (Fsp3) is 0.417. The lowest BCUT2D eigenvalue weighted by Gasteiger charge is -2.17. The minimum atomic E-state index is -1.27. The van der Waals surface area contributed by atoms with Crippen LogP contribution in [0, 0.1) is 5.41 Å². The highest BCUT2D eigenvalue weighted by Gasteiger charge is 2.44. The van der Waals surface area contributed by atoms with Crippen molar-refractivity contribution in [3.05, 3.63) is 18.1 Å². The Labute approximate surface area is 124 Å². The van der Waals surface area contributed by atoms with Gasteiger partial charge in [-0.1, -0.05) is 0 Å². The summed E-state index contributed by atoms with van der Waals surface area (Å²) in [5, 5.41) is 37.1. The second-order valence-electron chi connectivity index (χ2n) is 5.05. The average molecular weight is 308 g/mol. The van der Waals surface area contributed by atoms with Crippen molar-refractivity contribution in [2.75, 3.05) is 12.3 Å². The van der Waals surface area contributed by atoms with Gasteiger partial charge in [0, 0.05) is 11.8 Å². The Hall–Kier alpha value is -2.27. The van der Waals surface area contributed by atoms with Crippen molar-refractivity contribution in [1.29, 1.82) is 5.41 Å². The Morgan fingerprint density at radius 2 is 2.09 bits per heavy atom. The quantitative estimate of drug-likeness (QED) is 0.276. The normalized spacial score (nSPS) is 28.3. The highest BCUT2D eigenvalue weighted by atomic mass is 16.6. The second kappa shape index (κ2) is 5.18. The molecule has 2 aromatic heterocycles. The summed E-state index contributed by atoms with van der Waals surface area (Å²) in [6.45, 7) is -0.440. The zero-order chi connectivity index (χ0) is 16.0. The van der Waals surface area contributed by atoms with Gasteiger partial charge in [-0.05, 0) is 0 Å². The number of fused-ring (bicyclic) bond motifs is 1. The third kappa shape index (κ3) is 2.01. The van der Waals surface area contributed by atoms with Gasteiger partial charge in [0.1, 0.15) is 41.9 Å². The first-order valence-corrected chi connectivity index (χ1v) is 6.53. The number of nitrogen functional groups attached to an aromatic ring is 2. The van der Waals surface area contributed by atoms with E-state index in [-0.39, 0.29) is 11.7 Å². The highest BCUT2D eigenvalue weighted by molar-refractivity contribution is 6.09. The minimum Gasteiger partial charge on any atom is -0.394 e. The van der Waals surface area contributed by atoms with E-state index < -0.39 is 31.1 Å². The van der Waals surface area contributed by atoms with E-state index in [0.717, 1.165) is 0 Å². The van der Waals surface area contributed by atoms with E-state index in [1.54, 1.807) is 0 Å². The van der Waals surface area contributed by atoms with Crippen LogP contribution in [-0.2, 0) is 4.74 Å². The van der Waals surface area contributed by atoms with Crippen molar-refractivity contribution in [2.24, 2.45) is 5.73 Å². The number of aliphatic hydroxyl groups excluding tert-OH is 3. The molecule has 3 rings (SSSR count). The molecule has 0 saturated carbocycles. The van der Waals surface area contributed by atoms with Gasteiger partial charge in [-0.15, -0.1) is 0 Å². The maximum Gasteiger partial charge on any atom is 0.164 e. The molecule has 2 aromatic rings. The van der Waals surface area contributed by atoms with Gasteiger partial charge >= 0.3 is 0 Å². The Kier molecular flexibility index (Phi) is 3.45. The molecule has 8 N–H and O–H groups in total. The smallest absolute Gasteiger partial charge is 0.164 e. The van der Waals surface area contributed by atoms with E-state index in [4.69, 9.17) is 26.7 Å². The maximum absolute atomic E-state index is 10.1. The van der Waals surface area contributed by atoms with Crippen molar-refractivity contribution in [3.63, 3.8) is 0 Å². The van der Waals surface area contributed by atoms with Crippen LogP contribution < -0.4 is 11.5 Å². The van der Waals surface area contributed by atoms with Gasteiger partial charge in [-0.3, -0.25) is 5.41 Å². The standard InChI is InChI=1S/C12H16N6O4/c13-9(14)4-1-18(11-6(4)10(15)16-3-17-11)12-8(21)7(20)5(2-19)22-12/h1,3,5,7-8,12,19-21H,2H2,(H3,13,14)(H2,15,16,17)/t5-,7+,8+,12+/m0/s1. The summed E-state index contributed by atoms with van der Waals surface area (Å²) in [6.07, 6.45) is -1.73. The molecular weight excluding hydrogens is 292 g/mol. The largest absolute Gasteiger partial charge is 0.394 e. The molecule has 0 radical (unpaired) electrons. The lowest BCUT2D eigenvalue weighted by molar-refractivity contribution is -0.0508. The van der Waals surface area contributed by atoms with E-state index in [0.29, 0.717) is 16.6 Å². The molecule has 118 valence electrons. The number of hydrogen-bond acceptors (Lipinski definition) is 8. The number of aromatic nitrogens is 3. The topological polar surface area (TPSA) is 177 Å². The van der Waals surface area contributed by atoms with E-state index in [2.05, 4.69) is 9.97 Å². The van der Waals surface area contributed by atoms with Crippen LogP contribution in [0.3, 0.4) is 0 Å². The van der Waals surface area contributed by atoms with Crippen molar-refractivity contribution < 1.29 is 20.1 Å². The van der Waals surface area contributed by atoms with Gasteiger partial charge in [-0.25, -0.2) is 9.97 Å². The number of amidine groups is 1. The fourth-order valence-electron chi connectivity index (χ4n) is 2.62. The summed E-state index contributed by atoms with van der Waals surface area (Å²) < 4.78 is 6.89. The SMILES string of the molecule is N=C(N)c1cn([C@@H]2O[C@@H](CO)[C@@H](O)[C@H]2O)c2ncnc(N)c12. The molecule has 0 spiro atoms. The van der Waals surface area contributed by atoms with Crippen molar-refractivity contribution in [3.8, 4) is 0 Å². The average Bonchev–Trinajstić information content (AvgIpc) is 3.00. The molecule has 4 atom stereocenters. The van der Waals surface area contributed by atoms with Gasteiger partial charge in [0.05, 0.1) is 12.0 Å². The Morgan fingerprint density at radius 3 is 2.68 bits per heavy atom. The number of aliphatic hydroxyl groups is 3. The molecule has 0 amide bonds. The molecule has 1 saturated heterocycles. The van der Waals surface area contributed by atoms with Crippen LogP contribution in [0.4, 0.5) is 5.82 Å². The number of nitrogens with two attached hydrogens (primary N) is 2. The monoisotopic (exact) mass is 308 g/mol. The van der Waals surface area contributed by atoms with Crippen LogP contribution in [0.15, 0.2) is 12.5 Å². The third-order valence-corrected chi connectivity index (χ3v) is 3.72. The predicted molar refractivity (Wildman–Crippen MR) is 76.0 cm³/mol. The van der Waals surface area contributed by atoms with Crippen molar-refractivity contribution in [1.82, 2.24) is 14.5 Å². The summed E-state index contributed by atoms with van der Waals surface area (Å²) in [5.41, 5.74) is 12.0. The summed E-state index contributed by atoms with van der Waals surface area (Å²) in [6, 6.07) is 0. The number of rotatable bonds is 3. The Bertz CT molecular complexity index is 732. The van der Waals surface area contributed by atoms with Crippen LogP contribution in [0.1, 0.15) is 11.8 Å². The molecule has 0 aromatic carbocycles. The number of nitrogens with one attached hydrogen (secondary N) is 1. The lowest BCUT2D eigenvalue weighted by atomic mass is 10.1. The summed E-state index contributed by atoms with van der Waals surface area (Å²) >= 11 is 0. The molecule has 22 heavy (non-hydrogen) atoms. The summed E-state index contributed by atoms with van der Waals surface area (Å²) in [5.74, 6) is -0.0994. The van der Waals surface area contributed by atoms with E-state index in [1.807, 2.05) is 0 Å². The van der Waals surface area contributed by atoms with Gasteiger partial charge in [-0.2, -0.15) is 0 Å². The zero-order valence-corrected chi connectivity index (χ0v) is 11.4. The number of ether oxygens (including phenoxy) is 1. The first-order chi connectivity index (χ1) is 10.5. The molecule has 0 aliphatic carbocycles. The van der Waals surface area contributed by atoms with E-state index in [9.17, 15) is 10.2 Å². The number of anilines is 1. The molecule has 3 heterocycles. The molecular formula is C12H16N6O4. The molecule has 1 aliphatic heterocycles. The van der Waals surface area contributed by atoms with Gasteiger partial charge in [0.2, 0.25) is 0 Å². The van der Waals surface area contributed by atoms with Crippen LogP contribution in [0.5, 0.6) is 0 Å². The minimum absolute atomic E-state index is 0.140. The molecule has 10 heteroatoms. The van der Waals surface area contributed by atoms with Crippen molar-refractivity contribution >= 4 is 22.7 Å². The van der Waals surface area contributed by atoms with Gasteiger partial charge < -0.3 is 36.1 Å². The molecule has 10 nitrogen and oxygen atoms in total. The third-order valence-electron chi connectivity index (χ3n) is 3.72. The lowest BCUT2D eigenvalue weighted by Crippen LogP contribution is -2.33. The first kappa shape index (κ1) is 14.7. The van der Waals surface area contributed by atoms with Crippen LogP contribution in [-0.4, -0.2) is 60.6 Å². The Balaban J connectivity index is 2.16. The van der Waals surface area contributed by atoms with Crippen molar-refractivity contribution in [2.45, 2.75) is 24.5 Å². The summed E-state index contributed by atoms with van der Waals surface area (Å²) in [4.78, 5) is 7.95. The van der Waals surface area contributed by atoms with Crippen LogP contribution >= 0.6 is 0 Å². The highest BCUT2D eigenvalue weighted by Crippen LogP contribution is 2.34. The van der Waals surface area contributed by atoms with Crippen LogP contribution in [0.25, 0.3) is 11.0 Å². The van der Waals surface area contributed by atoms with Gasteiger partial charge in [0.15, 0.2) is 6.23 Å². The molecule has 1 fully saturated rings. The molecule has 0 unspecified atom stereocenters. The first-order valence-electron chi connectivity index (χ1n) is 6.53. The Morgan fingerprint density at radius 1 is 1.36 bits per heavy atom. The van der Waals surface area contributed by atoms with E-state index in [1.165, 1.54) is 17.1 Å².